The molecule has 4 nitrogen and oxygen atoms in total. The molecule has 0 aromatic heterocycles. The summed E-state index contributed by atoms with van der Waals surface area (Å²) in [6.07, 6.45) is 4.43. The fourth-order valence-corrected chi connectivity index (χ4v) is 3.62. The van der Waals surface area contributed by atoms with Gasteiger partial charge in [-0.15, -0.1) is 0 Å². The van der Waals surface area contributed by atoms with E-state index in [1.54, 1.807) is 0 Å². The molecule has 2 unspecified atom stereocenters. The molecule has 0 aromatic rings. The van der Waals surface area contributed by atoms with E-state index < -0.39 is 0 Å². The highest BCUT2D eigenvalue weighted by Crippen LogP contribution is 2.45. The zero-order valence-corrected chi connectivity index (χ0v) is 12.3. The molecule has 2 atom stereocenters. The van der Waals surface area contributed by atoms with Gasteiger partial charge in [0.15, 0.2) is 0 Å². The Kier molecular flexibility index (Phi) is 3.34. The molecule has 1 spiro atoms. The molecule has 3 rings (SSSR count). The Labute approximate surface area is 115 Å². The van der Waals surface area contributed by atoms with Crippen molar-refractivity contribution in [2.45, 2.75) is 64.2 Å². The van der Waals surface area contributed by atoms with Crippen LogP contribution in [0.25, 0.3) is 0 Å². The standard InChI is InChI=1S/C15H26N2O2/c1-10(2)13-16-15(6-7-15)14(18)17(13)11(3)12-4-8-19-9-5-12/h10-13,16H,4-9H2,1-3H3. The number of hydrogen-bond acceptors (Lipinski definition) is 3. The smallest absolute Gasteiger partial charge is 0.244 e. The molecule has 19 heavy (non-hydrogen) atoms. The average molecular weight is 266 g/mol. The largest absolute Gasteiger partial charge is 0.381 e. The van der Waals surface area contributed by atoms with Crippen molar-refractivity contribution >= 4 is 5.91 Å². The lowest BCUT2D eigenvalue weighted by atomic mass is 9.91. The summed E-state index contributed by atoms with van der Waals surface area (Å²) in [7, 11) is 0. The van der Waals surface area contributed by atoms with Crippen molar-refractivity contribution in [3.05, 3.63) is 0 Å². The summed E-state index contributed by atoms with van der Waals surface area (Å²) in [5.74, 6) is 1.41. The summed E-state index contributed by atoms with van der Waals surface area (Å²) >= 11 is 0. The summed E-state index contributed by atoms with van der Waals surface area (Å²) < 4.78 is 5.45. The van der Waals surface area contributed by atoms with Gasteiger partial charge in [-0.05, 0) is 44.4 Å². The van der Waals surface area contributed by atoms with Gasteiger partial charge in [-0.25, -0.2) is 0 Å². The number of ether oxygens (including phenoxy) is 1. The van der Waals surface area contributed by atoms with Crippen LogP contribution in [0.4, 0.5) is 0 Å². The Morgan fingerprint density at radius 3 is 2.42 bits per heavy atom. The van der Waals surface area contributed by atoms with Crippen molar-refractivity contribution in [3.8, 4) is 0 Å². The molecule has 0 bridgehead atoms. The van der Waals surface area contributed by atoms with Crippen LogP contribution in [0.15, 0.2) is 0 Å². The van der Waals surface area contributed by atoms with Crippen LogP contribution < -0.4 is 5.32 Å². The van der Waals surface area contributed by atoms with Gasteiger partial charge >= 0.3 is 0 Å². The first-order valence-electron chi connectivity index (χ1n) is 7.73. The van der Waals surface area contributed by atoms with E-state index in [2.05, 4.69) is 31.0 Å². The van der Waals surface area contributed by atoms with E-state index in [0.29, 0.717) is 23.8 Å². The van der Waals surface area contributed by atoms with E-state index in [4.69, 9.17) is 4.74 Å². The molecule has 3 aliphatic rings. The third kappa shape index (κ3) is 2.19. The van der Waals surface area contributed by atoms with Crippen LogP contribution in [-0.2, 0) is 9.53 Å². The Hall–Kier alpha value is -0.610. The topological polar surface area (TPSA) is 41.6 Å². The van der Waals surface area contributed by atoms with Crippen LogP contribution in [0, 0.1) is 11.8 Å². The van der Waals surface area contributed by atoms with Crippen LogP contribution in [0.5, 0.6) is 0 Å². The molecule has 1 saturated carbocycles. The molecule has 2 saturated heterocycles. The van der Waals surface area contributed by atoms with Gasteiger partial charge in [0.05, 0.1) is 11.7 Å². The van der Waals surface area contributed by atoms with Gasteiger partial charge in [0.25, 0.3) is 0 Å². The van der Waals surface area contributed by atoms with E-state index in [1.165, 1.54) is 0 Å². The van der Waals surface area contributed by atoms with Gasteiger partial charge in [0.2, 0.25) is 5.91 Å². The van der Waals surface area contributed by atoms with Gasteiger partial charge in [-0.2, -0.15) is 0 Å². The lowest BCUT2D eigenvalue weighted by Crippen LogP contribution is -2.49. The number of carbonyl (C=O) groups excluding carboxylic acids is 1. The second-order valence-electron chi connectivity index (χ2n) is 6.82. The van der Waals surface area contributed by atoms with Crippen molar-refractivity contribution in [2.24, 2.45) is 11.8 Å². The van der Waals surface area contributed by atoms with Crippen molar-refractivity contribution in [2.75, 3.05) is 13.2 Å². The minimum atomic E-state index is -0.186. The van der Waals surface area contributed by atoms with Gasteiger partial charge < -0.3 is 9.64 Å². The monoisotopic (exact) mass is 266 g/mol. The second kappa shape index (κ2) is 4.74. The van der Waals surface area contributed by atoms with E-state index in [0.717, 1.165) is 38.9 Å². The Balaban J connectivity index is 1.77. The quantitative estimate of drug-likeness (QED) is 0.846. The molecule has 2 aliphatic heterocycles. The van der Waals surface area contributed by atoms with Gasteiger partial charge in [-0.3, -0.25) is 10.1 Å². The van der Waals surface area contributed by atoms with E-state index in [9.17, 15) is 4.79 Å². The van der Waals surface area contributed by atoms with E-state index >= 15 is 0 Å². The lowest BCUT2D eigenvalue weighted by Gasteiger charge is -2.38. The first kappa shape index (κ1) is 13.4. The molecular weight excluding hydrogens is 240 g/mol. The van der Waals surface area contributed by atoms with Crippen molar-refractivity contribution in [1.82, 2.24) is 10.2 Å². The summed E-state index contributed by atoms with van der Waals surface area (Å²) in [5, 5.41) is 3.61. The van der Waals surface area contributed by atoms with Crippen LogP contribution in [-0.4, -0.2) is 41.8 Å². The number of nitrogens with one attached hydrogen (secondary N) is 1. The molecule has 0 aromatic carbocycles. The highest BCUT2D eigenvalue weighted by molar-refractivity contribution is 5.92. The van der Waals surface area contributed by atoms with Crippen molar-refractivity contribution in [1.29, 1.82) is 0 Å². The predicted octanol–water partition coefficient (Wildman–Crippen LogP) is 1.75. The molecule has 1 N–H and O–H groups in total. The Morgan fingerprint density at radius 2 is 1.89 bits per heavy atom. The number of nitrogens with zero attached hydrogens (tertiary/aromatic N) is 1. The lowest BCUT2D eigenvalue weighted by molar-refractivity contribution is -0.135. The van der Waals surface area contributed by atoms with E-state index in [1.807, 2.05) is 0 Å². The van der Waals surface area contributed by atoms with Gasteiger partial charge in [-0.1, -0.05) is 13.8 Å². The number of carbonyl (C=O) groups is 1. The predicted molar refractivity (Wildman–Crippen MR) is 73.6 cm³/mol. The third-order valence-electron chi connectivity index (χ3n) is 5.14. The average Bonchev–Trinajstić information content (AvgIpc) is 3.13. The number of amides is 1. The fraction of sp³-hybridized carbons (Fsp3) is 0.933. The summed E-state index contributed by atoms with van der Waals surface area (Å²) in [6.45, 7) is 8.34. The van der Waals surface area contributed by atoms with Crippen LogP contribution in [0.3, 0.4) is 0 Å². The minimum Gasteiger partial charge on any atom is -0.381 e. The second-order valence-corrected chi connectivity index (χ2v) is 6.82. The molecule has 1 amide bonds. The van der Waals surface area contributed by atoms with Crippen LogP contribution in [0.1, 0.15) is 46.5 Å². The zero-order chi connectivity index (χ0) is 13.6. The van der Waals surface area contributed by atoms with Gasteiger partial charge in [0.1, 0.15) is 0 Å². The molecule has 0 radical (unpaired) electrons. The van der Waals surface area contributed by atoms with Crippen molar-refractivity contribution in [3.63, 3.8) is 0 Å². The Bertz CT molecular complexity index is 359. The van der Waals surface area contributed by atoms with E-state index in [-0.39, 0.29) is 11.7 Å². The molecule has 4 heteroatoms. The Morgan fingerprint density at radius 1 is 1.26 bits per heavy atom. The summed E-state index contributed by atoms with van der Waals surface area (Å²) in [6, 6.07) is 0.330. The zero-order valence-electron chi connectivity index (χ0n) is 12.3. The molecule has 2 heterocycles. The minimum absolute atomic E-state index is 0.186. The molecule has 3 fully saturated rings. The first-order valence-corrected chi connectivity index (χ1v) is 7.73. The van der Waals surface area contributed by atoms with Crippen LogP contribution >= 0.6 is 0 Å². The summed E-state index contributed by atoms with van der Waals surface area (Å²) in [4.78, 5) is 14.9. The molecular formula is C15H26N2O2. The maximum Gasteiger partial charge on any atom is 0.244 e. The maximum absolute atomic E-state index is 12.7. The van der Waals surface area contributed by atoms with Gasteiger partial charge in [0, 0.05) is 19.3 Å². The number of hydrogen-bond donors (Lipinski definition) is 1. The fourth-order valence-electron chi connectivity index (χ4n) is 3.62. The highest BCUT2D eigenvalue weighted by atomic mass is 16.5. The highest BCUT2D eigenvalue weighted by Gasteiger charge is 2.60. The molecule has 1 aliphatic carbocycles. The normalized spacial score (nSPS) is 32.3. The first-order chi connectivity index (χ1) is 9.05. The van der Waals surface area contributed by atoms with Crippen molar-refractivity contribution < 1.29 is 9.53 Å². The van der Waals surface area contributed by atoms with Crippen LogP contribution in [0.2, 0.25) is 0 Å². The maximum atomic E-state index is 12.7. The third-order valence-corrected chi connectivity index (χ3v) is 5.14. The summed E-state index contributed by atoms with van der Waals surface area (Å²) in [5.41, 5.74) is -0.186. The SMILES string of the molecule is CC(C)C1NC2(CC2)C(=O)N1C(C)C1CCOCC1. The molecule has 108 valence electrons. The number of rotatable bonds is 3.